The van der Waals surface area contributed by atoms with E-state index in [0.29, 0.717) is 92.5 Å². The summed E-state index contributed by atoms with van der Waals surface area (Å²) in [5, 5.41) is 0.215. The summed E-state index contributed by atoms with van der Waals surface area (Å²) in [6.07, 6.45) is 0. The van der Waals surface area contributed by atoms with Gasteiger partial charge in [-0.3, -0.25) is 0 Å². The Kier molecular flexibility index (Phi) is 18.6. The van der Waals surface area contributed by atoms with E-state index in [-0.39, 0.29) is 5.04 Å². The molecule has 0 fully saturated rings. The van der Waals surface area contributed by atoms with Crippen molar-refractivity contribution >= 4 is 8.32 Å². The Morgan fingerprint density at radius 2 is 0.667 bits per heavy atom. The molecule has 0 aromatic heterocycles. The molecule has 0 unspecified atom stereocenters. The highest BCUT2D eigenvalue weighted by molar-refractivity contribution is 6.74. The average Bonchev–Trinajstić information content (AvgIpc) is 3.09. The van der Waals surface area contributed by atoms with Gasteiger partial charge < -0.3 is 37.6 Å². The van der Waals surface area contributed by atoms with Crippen molar-refractivity contribution in [3.63, 3.8) is 0 Å². The lowest BCUT2D eigenvalue weighted by Crippen LogP contribution is -2.41. The van der Waals surface area contributed by atoms with Crippen molar-refractivity contribution in [2.24, 2.45) is 0 Å². The Hall–Kier alpha value is -2.44. The quantitative estimate of drug-likeness (QED) is 0.0504. The van der Waals surface area contributed by atoms with Crippen LogP contribution in [-0.2, 0) is 43.2 Å². The molecule has 0 aliphatic carbocycles. The fraction of sp³-hybridized carbons (Fsp3) is 0.538. The summed E-state index contributed by atoms with van der Waals surface area (Å²) in [7, 11) is -1.70. The van der Waals surface area contributed by atoms with Crippen molar-refractivity contribution in [2.75, 3.05) is 92.5 Å². The van der Waals surface area contributed by atoms with Crippen LogP contribution in [0.25, 0.3) is 0 Å². The van der Waals surface area contributed by atoms with Crippen LogP contribution >= 0.6 is 0 Å². The van der Waals surface area contributed by atoms with Crippen LogP contribution in [0.5, 0.6) is 0 Å². The van der Waals surface area contributed by atoms with Gasteiger partial charge in [-0.15, -0.1) is 0 Å². The first-order valence-electron chi connectivity index (χ1n) is 17.2. The smallest absolute Gasteiger partial charge is 0.192 e. The Balaban J connectivity index is 1.18. The molecule has 0 radical (unpaired) electrons. The first kappa shape index (κ1) is 40.0. The molecule has 0 amide bonds. The van der Waals surface area contributed by atoms with E-state index < -0.39 is 13.9 Å². The first-order valence-corrected chi connectivity index (χ1v) is 20.1. The maximum Gasteiger partial charge on any atom is 0.192 e. The zero-order chi connectivity index (χ0) is 34.4. The highest BCUT2D eigenvalue weighted by atomic mass is 28.4. The molecular weight excluding hydrogens is 625 g/mol. The maximum atomic E-state index is 6.73. The van der Waals surface area contributed by atoms with Gasteiger partial charge >= 0.3 is 0 Å². The number of hydrogen-bond acceptors (Lipinski definition) is 8. The van der Waals surface area contributed by atoms with Gasteiger partial charge in [-0.05, 0) is 34.8 Å². The summed E-state index contributed by atoms with van der Waals surface area (Å²) in [5.41, 5.74) is 2.48. The molecule has 266 valence electrons. The van der Waals surface area contributed by atoms with Crippen LogP contribution in [0.2, 0.25) is 18.1 Å². The second-order valence-electron chi connectivity index (χ2n) is 12.9. The second kappa shape index (κ2) is 22.3. The van der Waals surface area contributed by atoms with E-state index in [9.17, 15) is 0 Å². The third-order valence-corrected chi connectivity index (χ3v) is 13.0. The lowest BCUT2D eigenvalue weighted by atomic mass is 9.80. The van der Waals surface area contributed by atoms with Crippen LogP contribution in [0.4, 0.5) is 0 Å². The van der Waals surface area contributed by atoms with E-state index in [0.717, 1.165) is 16.7 Å². The first-order chi connectivity index (χ1) is 23.3. The number of benzene rings is 3. The van der Waals surface area contributed by atoms with Crippen molar-refractivity contribution in [3.05, 3.63) is 108 Å². The van der Waals surface area contributed by atoms with E-state index in [1.165, 1.54) is 0 Å². The van der Waals surface area contributed by atoms with Crippen LogP contribution in [0.3, 0.4) is 0 Å². The van der Waals surface area contributed by atoms with Gasteiger partial charge in [-0.2, -0.15) is 0 Å². The predicted molar refractivity (Wildman–Crippen MR) is 193 cm³/mol. The van der Waals surface area contributed by atoms with Crippen molar-refractivity contribution in [1.82, 2.24) is 0 Å². The van der Waals surface area contributed by atoms with E-state index in [4.69, 9.17) is 37.6 Å². The lowest BCUT2D eigenvalue weighted by molar-refractivity contribution is -0.0396. The van der Waals surface area contributed by atoms with Crippen molar-refractivity contribution in [3.8, 4) is 0 Å². The Labute approximate surface area is 290 Å². The highest BCUT2D eigenvalue weighted by Gasteiger charge is 2.38. The topological polar surface area (TPSA) is 73.8 Å². The van der Waals surface area contributed by atoms with Crippen LogP contribution in [0, 0.1) is 0 Å². The van der Waals surface area contributed by atoms with Crippen LogP contribution < -0.4 is 0 Å². The fourth-order valence-corrected chi connectivity index (χ4v) is 5.82. The highest BCUT2D eigenvalue weighted by Crippen LogP contribution is 2.40. The van der Waals surface area contributed by atoms with E-state index >= 15 is 0 Å². The van der Waals surface area contributed by atoms with Crippen LogP contribution in [0.1, 0.15) is 37.5 Å². The summed E-state index contributed by atoms with van der Waals surface area (Å²) < 4.78 is 46.7. The summed E-state index contributed by atoms with van der Waals surface area (Å²) in [4.78, 5) is 0. The molecule has 0 heterocycles. The molecule has 0 spiro atoms. The molecule has 0 aliphatic heterocycles. The van der Waals surface area contributed by atoms with E-state index in [2.05, 4.69) is 70.3 Å². The molecule has 48 heavy (non-hydrogen) atoms. The molecule has 0 bridgehead atoms. The van der Waals surface area contributed by atoms with Crippen LogP contribution in [0.15, 0.2) is 91.0 Å². The molecule has 8 nitrogen and oxygen atoms in total. The molecule has 0 N–H and O–H groups in total. The van der Waals surface area contributed by atoms with Crippen molar-refractivity contribution in [1.29, 1.82) is 0 Å². The number of ether oxygens (including phenoxy) is 7. The molecule has 3 aromatic carbocycles. The normalized spacial score (nSPS) is 12.4. The van der Waals surface area contributed by atoms with E-state index in [1.807, 2.05) is 54.6 Å². The largest absolute Gasteiger partial charge is 0.414 e. The molecule has 9 heteroatoms. The minimum absolute atomic E-state index is 0.215. The van der Waals surface area contributed by atoms with Gasteiger partial charge in [0.15, 0.2) is 8.32 Å². The van der Waals surface area contributed by atoms with Gasteiger partial charge in [0.1, 0.15) is 5.60 Å². The van der Waals surface area contributed by atoms with Gasteiger partial charge in [-0.1, -0.05) is 112 Å². The fourth-order valence-electron chi connectivity index (χ4n) is 4.80. The molecule has 0 saturated heterocycles. The molecule has 0 saturated carbocycles. The zero-order valence-electron chi connectivity index (χ0n) is 29.8. The Bertz CT molecular complexity index is 1110. The van der Waals surface area contributed by atoms with E-state index in [1.54, 1.807) is 0 Å². The monoisotopic (exact) mass is 682 g/mol. The molecular formula is C39H58O8Si. The summed E-state index contributed by atoms with van der Waals surface area (Å²) in [6, 6.07) is 31.1. The third-order valence-electron chi connectivity index (χ3n) is 8.44. The summed E-state index contributed by atoms with van der Waals surface area (Å²) >= 11 is 0. The molecule has 3 rings (SSSR count). The minimum Gasteiger partial charge on any atom is -0.414 e. The van der Waals surface area contributed by atoms with Gasteiger partial charge in [-0.25, -0.2) is 0 Å². The van der Waals surface area contributed by atoms with Gasteiger partial charge in [0, 0.05) is 0 Å². The Morgan fingerprint density at radius 1 is 0.396 bits per heavy atom. The van der Waals surface area contributed by atoms with Crippen molar-refractivity contribution in [2.45, 2.75) is 44.5 Å². The van der Waals surface area contributed by atoms with Gasteiger partial charge in [0.05, 0.1) is 92.5 Å². The number of rotatable bonds is 26. The van der Waals surface area contributed by atoms with Crippen molar-refractivity contribution < 1.29 is 37.6 Å². The van der Waals surface area contributed by atoms with Crippen LogP contribution in [-0.4, -0.2) is 101 Å². The number of hydrogen-bond donors (Lipinski definition) is 0. The second-order valence-corrected chi connectivity index (χ2v) is 17.7. The minimum atomic E-state index is -1.70. The third kappa shape index (κ3) is 13.8. The Morgan fingerprint density at radius 3 is 0.958 bits per heavy atom. The standard InChI is InChI=1S/C39H58O8Si/c1-38(2,3)48(4,5)47-34-32-45-30-28-43-26-24-41-22-21-40-23-25-42-27-29-44-31-33-46-39(35-15-9-6-10-16-35,36-17-11-7-12-18-36)37-19-13-8-14-20-37/h6-20H,21-34H2,1-5H3. The SMILES string of the molecule is CC(C)(C)[Si](C)(C)OCCOCCOCCOCCOCCOCCOCCOC(c1ccccc1)(c1ccccc1)c1ccccc1. The molecule has 0 aliphatic rings. The average molecular weight is 683 g/mol. The van der Waals surface area contributed by atoms with Gasteiger partial charge in [0.2, 0.25) is 0 Å². The molecule has 3 aromatic rings. The predicted octanol–water partition coefficient (Wildman–Crippen LogP) is 7.12. The zero-order valence-corrected chi connectivity index (χ0v) is 30.8. The molecule has 0 atom stereocenters. The summed E-state index contributed by atoms with van der Waals surface area (Å²) in [6.45, 7) is 18.5. The lowest BCUT2D eigenvalue weighted by Gasteiger charge is -2.36. The maximum absolute atomic E-state index is 6.73. The van der Waals surface area contributed by atoms with Gasteiger partial charge in [0.25, 0.3) is 0 Å². The summed E-state index contributed by atoms with van der Waals surface area (Å²) in [5.74, 6) is 0.